The van der Waals surface area contributed by atoms with Gasteiger partial charge in [0.25, 0.3) is 5.56 Å². The minimum Gasteiger partial charge on any atom is -0.496 e. The van der Waals surface area contributed by atoms with Gasteiger partial charge in [-0.15, -0.1) is 6.58 Å². The van der Waals surface area contributed by atoms with E-state index < -0.39 is 0 Å². The zero-order valence-corrected chi connectivity index (χ0v) is 38.5. The highest BCUT2D eigenvalue weighted by Gasteiger charge is 2.24. The molecule has 0 spiro atoms. The van der Waals surface area contributed by atoms with Gasteiger partial charge in [0.1, 0.15) is 23.0 Å². The summed E-state index contributed by atoms with van der Waals surface area (Å²) in [5.41, 5.74) is 5.03. The SMILES string of the molecule is C=CC.CCCC(=O)CCC(C)C.COc1cc(-c2cn(C)c(=O)c3c2CNC(NCCCCCOc2cccc(C(C)=O)c2C(=O)C(C)C)=C3)c(OC)cc1CN(C)C. The Balaban J connectivity index is 0.000000826. The number of unbranched alkanes of at least 4 members (excludes halogenated alkanes) is 2. The van der Waals surface area contributed by atoms with Gasteiger partial charge >= 0.3 is 0 Å². The first kappa shape index (κ1) is 51.0. The third-order valence-electron chi connectivity index (χ3n) is 9.75. The lowest BCUT2D eigenvalue weighted by molar-refractivity contribution is -0.119. The zero-order chi connectivity index (χ0) is 44.9. The average Bonchev–Trinajstić information content (AvgIpc) is 3.20. The van der Waals surface area contributed by atoms with Crippen molar-refractivity contribution in [1.29, 1.82) is 0 Å². The average molecular weight is 829 g/mol. The molecule has 0 amide bonds. The van der Waals surface area contributed by atoms with Crippen molar-refractivity contribution < 1.29 is 28.6 Å². The first-order chi connectivity index (χ1) is 28.5. The molecule has 0 fully saturated rings. The molecule has 0 aliphatic carbocycles. The standard InChI is InChI=1S/C37H48N4O6.C9H18O.C3H6/c1-23(2)36(43)35-26(24(3)42)13-12-14-31(35)47-16-11-9-10-15-38-34-19-28-29(20-39-34)30(22-41(6)37(28)44)27-18-32(45-7)25(21-40(4)5)17-33(27)46-8;1-4-5-9(10)7-6-8(2)3;1-3-2/h12-14,17-19,22-23,38-39H,9-11,15-16,20-21H2,1-8H3;8H,4-7H2,1-3H3;3H,1H2,2H3. The molecule has 0 unspecified atom stereocenters. The van der Waals surface area contributed by atoms with Gasteiger partial charge in [-0.1, -0.05) is 52.8 Å². The second-order valence-corrected chi connectivity index (χ2v) is 16.1. The summed E-state index contributed by atoms with van der Waals surface area (Å²) < 4.78 is 19.2. The van der Waals surface area contributed by atoms with E-state index in [4.69, 9.17) is 14.2 Å². The van der Waals surface area contributed by atoms with Gasteiger partial charge in [0, 0.05) is 79.5 Å². The van der Waals surface area contributed by atoms with E-state index in [2.05, 4.69) is 36.0 Å². The number of methoxy groups -OCH3 is 2. The van der Waals surface area contributed by atoms with Gasteiger partial charge < -0.3 is 34.3 Å². The highest BCUT2D eigenvalue weighted by Crippen LogP contribution is 2.39. The lowest BCUT2D eigenvalue weighted by Gasteiger charge is -2.24. The second kappa shape index (κ2) is 26.1. The molecule has 60 heavy (non-hydrogen) atoms. The number of aromatic nitrogens is 1. The maximum absolute atomic E-state index is 13.3. The van der Waals surface area contributed by atoms with Crippen molar-refractivity contribution in [2.24, 2.45) is 18.9 Å². The highest BCUT2D eigenvalue weighted by molar-refractivity contribution is 6.10. The zero-order valence-electron chi connectivity index (χ0n) is 38.5. The molecule has 0 radical (unpaired) electrons. The summed E-state index contributed by atoms with van der Waals surface area (Å²) in [7, 11) is 9.10. The topological polar surface area (TPSA) is 128 Å². The minimum atomic E-state index is -0.239. The van der Waals surface area contributed by atoms with E-state index in [0.717, 1.165) is 84.5 Å². The number of benzene rings is 2. The molecule has 1 aliphatic rings. The normalized spacial score (nSPS) is 11.6. The van der Waals surface area contributed by atoms with Gasteiger partial charge in [-0.3, -0.25) is 19.2 Å². The Morgan fingerprint density at radius 3 is 2.25 bits per heavy atom. The maximum atomic E-state index is 13.3. The molecule has 4 rings (SSSR count). The Morgan fingerprint density at radius 1 is 0.983 bits per heavy atom. The van der Waals surface area contributed by atoms with Crippen LogP contribution in [-0.2, 0) is 24.9 Å². The van der Waals surface area contributed by atoms with Crippen LogP contribution in [0.25, 0.3) is 17.2 Å². The van der Waals surface area contributed by atoms with Crippen LogP contribution in [0.4, 0.5) is 0 Å². The molecular weight excluding hydrogens is 757 g/mol. The molecule has 11 heteroatoms. The predicted molar refractivity (Wildman–Crippen MR) is 245 cm³/mol. The summed E-state index contributed by atoms with van der Waals surface area (Å²) in [6.45, 7) is 19.0. The number of nitrogens with one attached hydrogen (secondary N) is 2. The predicted octanol–water partition coefficient (Wildman–Crippen LogP) is 9.40. The van der Waals surface area contributed by atoms with Crippen LogP contribution in [0.1, 0.15) is 131 Å². The lowest BCUT2D eigenvalue weighted by Crippen LogP contribution is -2.33. The van der Waals surface area contributed by atoms with Crippen LogP contribution < -0.4 is 30.4 Å². The summed E-state index contributed by atoms with van der Waals surface area (Å²) in [5.74, 6) is 3.35. The summed E-state index contributed by atoms with van der Waals surface area (Å²) in [4.78, 5) is 51.3. The van der Waals surface area contributed by atoms with Crippen LogP contribution in [0.5, 0.6) is 17.2 Å². The summed E-state index contributed by atoms with van der Waals surface area (Å²) >= 11 is 0. The first-order valence-electron chi connectivity index (χ1n) is 21.3. The fourth-order valence-corrected chi connectivity index (χ4v) is 6.64. The Morgan fingerprint density at radius 2 is 1.67 bits per heavy atom. The van der Waals surface area contributed by atoms with Gasteiger partial charge in [0.05, 0.1) is 32.2 Å². The molecule has 0 saturated heterocycles. The number of carbonyl (C=O) groups is 3. The van der Waals surface area contributed by atoms with Crippen molar-refractivity contribution in [2.45, 2.75) is 107 Å². The summed E-state index contributed by atoms with van der Waals surface area (Å²) in [5, 5.41) is 6.87. The summed E-state index contributed by atoms with van der Waals surface area (Å²) in [6, 6.07) is 9.18. The van der Waals surface area contributed by atoms with Crippen LogP contribution in [0.2, 0.25) is 0 Å². The third kappa shape index (κ3) is 15.5. The Kier molecular flexibility index (Phi) is 22.2. The molecule has 3 aromatic rings. The summed E-state index contributed by atoms with van der Waals surface area (Å²) in [6.07, 6.45) is 11.7. The number of aryl methyl sites for hydroxylation is 1. The second-order valence-electron chi connectivity index (χ2n) is 16.1. The molecule has 2 heterocycles. The van der Waals surface area contributed by atoms with Crippen LogP contribution in [0.3, 0.4) is 0 Å². The smallest absolute Gasteiger partial charge is 0.258 e. The van der Waals surface area contributed by atoms with E-state index in [9.17, 15) is 19.2 Å². The van der Waals surface area contributed by atoms with Gasteiger partial charge in [0.15, 0.2) is 11.6 Å². The maximum Gasteiger partial charge on any atom is 0.258 e. The Labute approximate surface area is 359 Å². The number of pyridine rings is 1. The first-order valence-corrected chi connectivity index (χ1v) is 21.3. The van der Waals surface area contributed by atoms with E-state index in [-0.39, 0.29) is 23.0 Å². The highest BCUT2D eigenvalue weighted by atomic mass is 16.5. The van der Waals surface area contributed by atoms with Crippen LogP contribution >= 0.6 is 0 Å². The van der Waals surface area contributed by atoms with Gasteiger partial charge in [-0.05, 0) is 95.8 Å². The van der Waals surface area contributed by atoms with Gasteiger partial charge in [-0.25, -0.2) is 0 Å². The molecule has 0 bridgehead atoms. The number of Topliss-reactive ketones (excluding diaryl/α,β-unsaturated/α-hetero) is 3. The molecule has 0 atom stereocenters. The van der Waals surface area contributed by atoms with Crippen molar-refractivity contribution in [1.82, 2.24) is 20.1 Å². The molecule has 2 aromatic carbocycles. The van der Waals surface area contributed by atoms with Crippen LogP contribution in [0, 0.1) is 11.8 Å². The molecule has 2 N–H and O–H groups in total. The van der Waals surface area contributed by atoms with Crippen molar-refractivity contribution in [3.8, 4) is 28.4 Å². The van der Waals surface area contributed by atoms with Crippen LogP contribution in [-0.4, -0.2) is 68.3 Å². The number of hydrogen-bond donors (Lipinski definition) is 2. The van der Waals surface area contributed by atoms with Crippen molar-refractivity contribution >= 4 is 23.4 Å². The minimum absolute atomic E-state index is 0.0685. The van der Waals surface area contributed by atoms with Crippen molar-refractivity contribution in [3.63, 3.8) is 0 Å². The lowest BCUT2D eigenvalue weighted by atomic mass is 9.94. The largest absolute Gasteiger partial charge is 0.496 e. The number of hydrogen-bond acceptors (Lipinski definition) is 10. The Hall–Kier alpha value is -5.16. The molecule has 11 nitrogen and oxygen atoms in total. The quantitative estimate of drug-likeness (QED) is 0.0609. The Bertz CT molecular complexity index is 1980. The number of ketones is 3. The van der Waals surface area contributed by atoms with E-state index >= 15 is 0 Å². The number of carbonyl (C=O) groups excluding carboxylic acids is 3. The number of nitrogens with zero attached hydrogens (tertiary/aromatic N) is 2. The fourth-order valence-electron chi connectivity index (χ4n) is 6.64. The van der Waals surface area contributed by atoms with E-state index in [1.54, 1.807) is 50.1 Å². The third-order valence-corrected chi connectivity index (χ3v) is 9.75. The van der Waals surface area contributed by atoms with Crippen molar-refractivity contribution in [3.05, 3.63) is 93.2 Å². The number of rotatable bonds is 21. The van der Waals surface area contributed by atoms with E-state index in [1.807, 2.05) is 66.2 Å². The molecule has 330 valence electrons. The number of ether oxygens (including phenoxy) is 3. The van der Waals surface area contributed by atoms with Crippen molar-refractivity contribution in [2.75, 3.05) is 41.5 Å². The number of allylic oxidation sites excluding steroid dienone is 1. The van der Waals surface area contributed by atoms with Gasteiger partial charge in [0.2, 0.25) is 0 Å². The molecule has 1 aromatic heterocycles. The monoisotopic (exact) mass is 829 g/mol. The van der Waals surface area contributed by atoms with Crippen LogP contribution in [0.15, 0.2) is 59.8 Å². The van der Waals surface area contributed by atoms with E-state index in [0.29, 0.717) is 60.4 Å². The molecule has 0 saturated carbocycles. The molecule has 1 aliphatic heterocycles. The number of fused-ring (bicyclic) bond motifs is 1. The van der Waals surface area contributed by atoms with E-state index in [1.165, 1.54) is 6.92 Å². The van der Waals surface area contributed by atoms with Gasteiger partial charge in [-0.2, -0.15) is 0 Å². The molecular formula is C49H72N4O7. The fraction of sp³-hybridized carbons (Fsp3) is 0.510.